The monoisotopic (exact) mass is 341 g/mol. The molecular weight excluding hydrogens is 322 g/mol. The predicted octanol–water partition coefficient (Wildman–Crippen LogP) is 1.65. The van der Waals surface area contributed by atoms with Crippen LogP contribution in [0.3, 0.4) is 0 Å². The van der Waals surface area contributed by atoms with Crippen LogP contribution in [0.2, 0.25) is 0 Å². The molecule has 1 saturated heterocycles. The summed E-state index contributed by atoms with van der Waals surface area (Å²) in [5, 5.41) is 12.7. The van der Waals surface area contributed by atoms with Gasteiger partial charge < -0.3 is 10.4 Å². The number of aryl methyl sites for hydroxylation is 2. The van der Waals surface area contributed by atoms with Crippen LogP contribution < -0.4 is 5.32 Å². The number of carbonyl (C=O) groups excluding carboxylic acids is 1. The Kier molecular flexibility index (Phi) is 5.69. The molecule has 0 aliphatic carbocycles. The minimum atomic E-state index is -1.12. The molecule has 1 aromatic heterocycles. The van der Waals surface area contributed by atoms with Crippen molar-refractivity contribution >= 4 is 35.4 Å². The van der Waals surface area contributed by atoms with Gasteiger partial charge in [-0.05, 0) is 44.3 Å². The van der Waals surface area contributed by atoms with Crippen molar-refractivity contribution in [2.24, 2.45) is 0 Å². The molecule has 1 fully saturated rings. The van der Waals surface area contributed by atoms with Crippen molar-refractivity contribution in [1.82, 2.24) is 15.3 Å². The molecule has 2 heterocycles. The molecule has 0 unspecified atom stereocenters. The zero-order chi connectivity index (χ0) is 16.2. The second-order valence-electron chi connectivity index (χ2n) is 5.27. The Morgan fingerprint density at radius 1 is 1.32 bits per heavy atom. The van der Waals surface area contributed by atoms with E-state index in [1.807, 2.05) is 19.9 Å². The van der Waals surface area contributed by atoms with E-state index in [1.165, 1.54) is 11.8 Å². The third-order valence-corrected chi connectivity index (χ3v) is 5.26. The molecule has 1 aliphatic rings. The number of hydrogen-bond donors (Lipinski definition) is 2. The minimum absolute atomic E-state index is 0.116. The average molecular weight is 341 g/mol. The number of hydrogen-bond acceptors (Lipinski definition) is 6. The van der Waals surface area contributed by atoms with Gasteiger partial charge in [-0.1, -0.05) is 11.8 Å². The number of nitrogens with one attached hydrogen (secondary N) is 1. The van der Waals surface area contributed by atoms with E-state index in [4.69, 9.17) is 0 Å². The molecule has 1 aromatic rings. The first kappa shape index (κ1) is 17.1. The van der Waals surface area contributed by atoms with Crippen molar-refractivity contribution in [1.29, 1.82) is 0 Å². The van der Waals surface area contributed by atoms with Crippen LogP contribution in [0.1, 0.15) is 24.2 Å². The molecule has 2 N–H and O–H groups in total. The number of carbonyl (C=O) groups is 2. The number of nitrogens with zero attached hydrogens (tertiary/aromatic N) is 2. The Morgan fingerprint density at radius 2 is 1.91 bits per heavy atom. The van der Waals surface area contributed by atoms with Gasteiger partial charge in [-0.3, -0.25) is 4.79 Å². The standard InChI is InChI=1S/C14H19N3O3S2/c1-9-7-10(2)16-13(15-9)22-8-11(18)17-14(12(19)20)3-5-21-6-4-14/h7H,3-6,8H2,1-2H3,(H,17,18)(H,19,20). The average Bonchev–Trinajstić information content (AvgIpc) is 2.45. The van der Waals surface area contributed by atoms with Gasteiger partial charge in [0.25, 0.3) is 0 Å². The highest BCUT2D eigenvalue weighted by atomic mass is 32.2. The molecule has 0 saturated carbocycles. The van der Waals surface area contributed by atoms with Gasteiger partial charge in [-0.15, -0.1) is 0 Å². The van der Waals surface area contributed by atoms with Crippen LogP contribution in [0, 0.1) is 13.8 Å². The summed E-state index contributed by atoms with van der Waals surface area (Å²) in [7, 11) is 0. The van der Waals surface area contributed by atoms with Gasteiger partial charge in [0.1, 0.15) is 5.54 Å². The van der Waals surface area contributed by atoms with Crippen LogP contribution in [0.25, 0.3) is 0 Å². The summed E-state index contributed by atoms with van der Waals surface area (Å²) in [6, 6.07) is 1.86. The van der Waals surface area contributed by atoms with Crippen molar-refractivity contribution in [2.45, 2.75) is 37.4 Å². The Hall–Kier alpha value is -1.28. The van der Waals surface area contributed by atoms with Gasteiger partial charge in [0.05, 0.1) is 5.75 Å². The third kappa shape index (κ3) is 4.36. The number of rotatable bonds is 5. The van der Waals surface area contributed by atoms with Crippen molar-refractivity contribution in [3.05, 3.63) is 17.5 Å². The molecular formula is C14H19N3O3S2. The van der Waals surface area contributed by atoms with Gasteiger partial charge in [0.2, 0.25) is 5.91 Å². The zero-order valence-corrected chi connectivity index (χ0v) is 14.2. The molecule has 0 bridgehead atoms. The lowest BCUT2D eigenvalue weighted by molar-refractivity contribution is -0.147. The van der Waals surface area contributed by atoms with Crippen molar-refractivity contribution < 1.29 is 14.7 Å². The molecule has 0 aromatic carbocycles. The molecule has 1 aliphatic heterocycles. The van der Waals surface area contributed by atoms with Crippen LogP contribution in [0.4, 0.5) is 0 Å². The summed E-state index contributed by atoms with van der Waals surface area (Å²) in [4.78, 5) is 32.1. The summed E-state index contributed by atoms with van der Waals surface area (Å²) in [6.07, 6.45) is 0.924. The highest BCUT2D eigenvalue weighted by Crippen LogP contribution is 2.27. The summed E-state index contributed by atoms with van der Waals surface area (Å²) in [6.45, 7) is 3.75. The number of thioether (sulfide) groups is 2. The fourth-order valence-corrected chi connectivity index (χ4v) is 4.24. The first-order valence-electron chi connectivity index (χ1n) is 6.98. The molecule has 0 radical (unpaired) electrons. The molecule has 120 valence electrons. The van der Waals surface area contributed by atoms with E-state index < -0.39 is 11.5 Å². The topological polar surface area (TPSA) is 92.2 Å². The van der Waals surface area contributed by atoms with Gasteiger partial charge in [-0.25, -0.2) is 14.8 Å². The van der Waals surface area contributed by atoms with Crippen LogP contribution in [-0.2, 0) is 9.59 Å². The summed E-state index contributed by atoms with van der Waals surface area (Å²) in [5.74, 6) is 0.376. The summed E-state index contributed by atoms with van der Waals surface area (Å²) >= 11 is 2.94. The van der Waals surface area contributed by atoms with E-state index in [-0.39, 0.29) is 11.7 Å². The Morgan fingerprint density at radius 3 is 2.45 bits per heavy atom. The Balaban J connectivity index is 1.95. The first-order chi connectivity index (χ1) is 10.4. The second-order valence-corrected chi connectivity index (χ2v) is 7.44. The molecule has 0 atom stereocenters. The summed E-state index contributed by atoms with van der Waals surface area (Å²) < 4.78 is 0. The van der Waals surface area contributed by atoms with Crippen LogP contribution in [0.15, 0.2) is 11.2 Å². The van der Waals surface area contributed by atoms with E-state index in [9.17, 15) is 14.7 Å². The number of carboxylic acids is 1. The number of aromatic nitrogens is 2. The molecule has 1 amide bonds. The lowest BCUT2D eigenvalue weighted by Crippen LogP contribution is -2.57. The SMILES string of the molecule is Cc1cc(C)nc(SCC(=O)NC2(C(=O)O)CCSCC2)n1. The quantitative estimate of drug-likeness (QED) is 0.621. The van der Waals surface area contributed by atoms with Crippen LogP contribution in [0.5, 0.6) is 0 Å². The normalized spacial score (nSPS) is 17.0. The minimum Gasteiger partial charge on any atom is -0.480 e. The van der Waals surface area contributed by atoms with Crippen LogP contribution in [-0.4, -0.2) is 49.7 Å². The van der Waals surface area contributed by atoms with E-state index >= 15 is 0 Å². The van der Waals surface area contributed by atoms with E-state index in [0.717, 1.165) is 22.9 Å². The lowest BCUT2D eigenvalue weighted by Gasteiger charge is -2.33. The number of carboxylic acid groups (broad SMARTS) is 1. The van der Waals surface area contributed by atoms with E-state index in [1.54, 1.807) is 11.8 Å². The first-order valence-corrected chi connectivity index (χ1v) is 9.12. The molecule has 2 rings (SSSR count). The third-order valence-electron chi connectivity index (χ3n) is 3.43. The highest BCUT2D eigenvalue weighted by molar-refractivity contribution is 7.99. The van der Waals surface area contributed by atoms with E-state index in [2.05, 4.69) is 15.3 Å². The lowest BCUT2D eigenvalue weighted by atomic mass is 9.92. The fraction of sp³-hybridized carbons (Fsp3) is 0.571. The number of aliphatic carboxylic acids is 1. The predicted molar refractivity (Wildman–Crippen MR) is 87.3 cm³/mol. The Bertz CT molecular complexity index is 554. The second kappa shape index (κ2) is 7.32. The van der Waals surface area contributed by atoms with E-state index in [0.29, 0.717) is 18.0 Å². The molecule has 22 heavy (non-hydrogen) atoms. The summed E-state index contributed by atoms with van der Waals surface area (Å²) in [5.41, 5.74) is 0.579. The van der Waals surface area contributed by atoms with Crippen molar-refractivity contribution in [3.8, 4) is 0 Å². The maximum absolute atomic E-state index is 12.1. The number of amides is 1. The van der Waals surface area contributed by atoms with Gasteiger partial charge in [0.15, 0.2) is 5.16 Å². The van der Waals surface area contributed by atoms with Crippen molar-refractivity contribution in [3.63, 3.8) is 0 Å². The van der Waals surface area contributed by atoms with Gasteiger partial charge in [-0.2, -0.15) is 11.8 Å². The zero-order valence-electron chi connectivity index (χ0n) is 12.6. The van der Waals surface area contributed by atoms with Gasteiger partial charge in [0, 0.05) is 11.4 Å². The van der Waals surface area contributed by atoms with Crippen LogP contribution >= 0.6 is 23.5 Å². The highest BCUT2D eigenvalue weighted by Gasteiger charge is 2.41. The van der Waals surface area contributed by atoms with Crippen molar-refractivity contribution in [2.75, 3.05) is 17.3 Å². The molecule has 8 heteroatoms. The molecule has 0 spiro atoms. The smallest absolute Gasteiger partial charge is 0.329 e. The largest absolute Gasteiger partial charge is 0.480 e. The van der Waals surface area contributed by atoms with Gasteiger partial charge >= 0.3 is 5.97 Å². The maximum atomic E-state index is 12.1. The molecule has 6 nitrogen and oxygen atoms in total. The Labute approximate surface area is 137 Å². The fourth-order valence-electron chi connectivity index (χ4n) is 2.30. The maximum Gasteiger partial charge on any atom is 0.329 e.